The first-order valence-electron chi connectivity index (χ1n) is 5.74. The maximum Gasteiger partial charge on any atom is 0.316 e. The van der Waals surface area contributed by atoms with E-state index in [0.29, 0.717) is 11.4 Å². The number of amides is 3. The van der Waals surface area contributed by atoms with Crippen LogP contribution in [0.4, 0.5) is 16.2 Å². The summed E-state index contributed by atoms with van der Waals surface area (Å²) in [4.78, 5) is 26.5. The molecule has 0 bridgehead atoms. The summed E-state index contributed by atoms with van der Waals surface area (Å²) in [5.41, 5.74) is 6.34. The van der Waals surface area contributed by atoms with Crippen LogP contribution >= 0.6 is 23.2 Å². The van der Waals surface area contributed by atoms with E-state index in [2.05, 4.69) is 15.6 Å². The zero-order valence-electron chi connectivity index (χ0n) is 10.6. The van der Waals surface area contributed by atoms with Crippen LogP contribution in [0.2, 0.25) is 10.2 Å². The molecular formula is C13H10Cl2N4O2. The fraction of sp³-hybridized carbons (Fsp3) is 0. The van der Waals surface area contributed by atoms with E-state index in [1.54, 1.807) is 24.3 Å². The molecule has 2 aromatic rings. The number of aromatic nitrogens is 1. The lowest BCUT2D eigenvalue weighted by Crippen LogP contribution is -2.19. The molecular weight excluding hydrogens is 315 g/mol. The fourth-order valence-corrected chi connectivity index (χ4v) is 1.80. The smallest absolute Gasteiger partial charge is 0.316 e. The summed E-state index contributed by atoms with van der Waals surface area (Å²) in [5, 5.41) is 5.41. The fourth-order valence-electron chi connectivity index (χ4n) is 1.53. The van der Waals surface area contributed by atoms with Crippen LogP contribution in [0.5, 0.6) is 0 Å². The third kappa shape index (κ3) is 4.08. The Bertz CT molecular complexity index is 689. The molecule has 2 rings (SSSR count). The second-order valence-corrected chi connectivity index (χ2v) is 4.78. The Morgan fingerprint density at radius 2 is 1.62 bits per heavy atom. The molecule has 0 aliphatic carbocycles. The van der Waals surface area contributed by atoms with Crippen molar-refractivity contribution in [3.8, 4) is 0 Å². The van der Waals surface area contributed by atoms with Gasteiger partial charge in [-0.3, -0.25) is 4.79 Å². The van der Waals surface area contributed by atoms with Crippen LogP contribution in [0.3, 0.4) is 0 Å². The molecule has 0 unspecified atom stereocenters. The van der Waals surface area contributed by atoms with E-state index in [1.165, 1.54) is 12.3 Å². The number of carbonyl (C=O) groups is 2. The predicted octanol–water partition coefficient (Wildman–Crippen LogP) is 3.13. The Balaban J connectivity index is 2.08. The van der Waals surface area contributed by atoms with E-state index < -0.39 is 6.03 Å². The summed E-state index contributed by atoms with van der Waals surface area (Å²) in [7, 11) is 0. The molecule has 3 amide bonds. The van der Waals surface area contributed by atoms with Crippen molar-refractivity contribution in [3.63, 3.8) is 0 Å². The number of carbonyl (C=O) groups excluding carboxylic acids is 2. The molecule has 4 N–H and O–H groups in total. The zero-order valence-corrected chi connectivity index (χ0v) is 12.1. The van der Waals surface area contributed by atoms with Crippen molar-refractivity contribution < 1.29 is 9.59 Å². The molecule has 6 nitrogen and oxygen atoms in total. The Kier molecular flexibility index (Phi) is 4.62. The van der Waals surface area contributed by atoms with Crippen LogP contribution in [0.25, 0.3) is 0 Å². The van der Waals surface area contributed by atoms with Gasteiger partial charge in [-0.2, -0.15) is 0 Å². The second kappa shape index (κ2) is 6.43. The Morgan fingerprint density at radius 3 is 2.14 bits per heavy atom. The van der Waals surface area contributed by atoms with Gasteiger partial charge in [0.2, 0.25) is 0 Å². The van der Waals surface area contributed by atoms with Gasteiger partial charge in [0.1, 0.15) is 5.15 Å². The number of urea groups is 1. The minimum Gasteiger partial charge on any atom is -0.351 e. The summed E-state index contributed by atoms with van der Waals surface area (Å²) in [6, 6.07) is 7.21. The van der Waals surface area contributed by atoms with Gasteiger partial charge in [0.15, 0.2) is 0 Å². The van der Waals surface area contributed by atoms with Crippen molar-refractivity contribution in [3.05, 3.63) is 52.3 Å². The summed E-state index contributed by atoms with van der Waals surface area (Å²) in [6.07, 6.45) is 1.33. The molecule has 0 radical (unpaired) electrons. The number of rotatable bonds is 3. The van der Waals surface area contributed by atoms with Crippen LogP contribution in [0.15, 0.2) is 36.5 Å². The van der Waals surface area contributed by atoms with Gasteiger partial charge in [-0.25, -0.2) is 9.78 Å². The highest BCUT2D eigenvalue weighted by atomic mass is 35.5. The van der Waals surface area contributed by atoms with Crippen LogP contribution in [-0.4, -0.2) is 16.9 Å². The highest BCUT2D eigenvalue weighted by molar-refractivity contribution is 6.41. The molecule has 21 heavy (non-hydrogen) atoms. The Labute approximate surface area is 130 Å². The number of nitrogens with one attached hydrogen (secondary N) is 2. The summed E-state index contributed by atoms with van der Waals surface area (Å²) in [5.74, 6) is -0.378. The molecule has 1 aromatic heterocycles. The number of primary amides is 1. The minimum atomic E-state index is -0.659. The van der Waals surface area contributed by atoms with Crippen LogP contribution in [0.1, 0.15) is 10.4 Å². The van der Waals surface area contributed by atoms with E-state index in [9.17, 15) is 9.59 Å². The van der Waals surface area contributed by atoms with Gasteiger partial charge >= 0.3 is 6.03 Å². The summed E-state index contributed by atoms with van der Waals surface area (Å²) in [6.45, 7) is 0. The third-order valence-electron chi connectivity index (χ3n) is 2.47. The van der Waals surface area contributed by atoms with Crippen molar-refractivity contribution >= 4 is 46.5 Å². The highest BCUT2D eigenvalue weighted by Crippen LogP contribution is 2.20. The van der Waals surface area contributed by atoms with Crippen LogP contribution in [0, 0.1) is 0 Å². The Hall–Kier alpha value is -2.31. The number of hydrogen-bond donors (Lipinski definition) is 3. The molecule has 108 valence electrons. The van der Waals surface area contributed by atoms with Crippen LogP contribution < -0.4 is 16.4 Å². The average Bonchev–Trinajstić information content (AvgIpc) is 2.43. The molecule has 0 saturated carbocycles. The van der Waals surface area contributed by atoms with E-state index in [-0.39, 0.29) is 21.6 Å². The number of nitrogens with two attached hydrogens (primary N) is 1. The quantitative estimate of drug-likeness (QED) is 0.756. The molecule has 0 fully saturated rings. The molecule has 8 heteroatoms. The van der Waals surface area contributed by atoms with Gasteiger partial charge < -0.3 is 16.4 Å². The summed E-state index contributed by atoms with van der Waals surface area (Å²) < 4.78 is 0. The number of hydrogen-bond acceptors (Lipinski definition) is 3. The minimum absolute atomic E-state index is 0.134. The van der Waals surface area contributed by atoms with Gasteiger partial charge in [-0.1, -0.05) is 23.2 Å². The third-order valence-corrected chi connectivity index (χ3v) is 3.15. The molecule has 0 aliphatic heterocycles. The van der Waals surface area contributed by atoms with Crippen LogP contribution in [-0.2, 0) is 0 Å². The van der Waals surface area contributed by atoms with Crippen molar-refractivity contribution in [1.82, 2.24) is 4.98 Å². The number of nitrogens with zero attached hydrogens (tertiary/aromatic N) is 1. The lowest BCUT2D eigenvalue weighted by atomic mass is 10.2. The second-order valence-electron chi connectivity index (χ2n) is 4.02. The molecule has 1 aromatic carbocycles. The lowest BCUT2D eigenvalue weighted by molar-refractivity contribution is 0.102. The number of anilines is 2. The first kappa shape index (κ1) is 15.1. The zero-order chi connectivity index (χ0) is 15.4. The first-order valence-corrected chi connectivity index (χ1v) is 6.50. The molecule has 1 heterocycles. The number of benzene rings is 1. The van der Waals surface area contributed by atoms with Gasteiger partial charge in [0.05, 0.1) is 10.6 Å². The average molecular weight is 325 g/mol. The normalized spacial score (nSPS) is 10.0. The van der Waals surface area contributed by atoms with Crippen molar-refractivity contribution in [1.29, 1.82) is 0 Å². The van der Waals surface area contributed by atoms with Gasteiger partial charge in [-0.15, -0.1) is 0 Å². The maximum absolute atomic E-state index is 12.0. The number of halogens is 2. The van der Waals surface area contributed by atoms with E-state index in [0.717, 1.165) is 0 Å². The van der Waals surface area contributed by atoms with Crippen molar-refractivity contribution in [2.75, 3.05) is 10.6 Å². The van der Waals surface area contributed by atoms with E-state index in [4.69, 9.17) is 28.9 Å². The van der Waals surface area contributed by atoms with E-state index in [1.807, 2.05) is 0 Å². The standard InChI is InChI=1S/C13H10Cl2N4O2/c14-10-5-7(6-17-11(10)15)12(20)18-8-1-3-9(4-2-8)19-13(16)21/h1-6H,(H,18,20)(H3,16,19,21). The van der Waals surface area contributed by atoms with Gasteiger partial charge in [0, 0.05) is 17.6 Å². The molecule has 0 atom stereocenters. The van der Waals surface area contributed by atoms with Crippen molar-refractivity contribution in [2.24, 2.45) is 5.73 Å². The van der Waals surface area contributed by atoms with E-state index >= 15 is 0 Å². The van der Waals surface area contributed by atoms with Gasteiger partial charge in [-0.05, 0) is 30.3 Å². The molecule has 0 saturated heterocycles. The topological polar surface area (TPSA) is 97.1 Å². The SMILES string of the molecule is NC(=O)Nc1ccc(NC(=O)c2cnc(Cl)c(Cl)c2)cc1. The molecule has 0 spiro atoms. The molecule has 0 aliphatic rings. The monoisotopic (exact) mass is 324 g/mol. The largest absolute Gasteiger partial charge is 0.351 e. The van der Waals surface area contributed by atoms with Gasteiger partial charge in [0.25, 0.3) is 5.91 Å². The predicted molar refractivity (Wildman–Crippen MR) is 81.9 cm³/mol. The van der Waals surface area contributed by atoms with Crippen molar-refractivity contribution in [2.45, 2.75) is 0 Å². The highest BCUT2D eigenvalue weighted by Gasteiger charge is 2.09. The Morgan fingerprint density at radius 1 is 1.05 bits per heavy atom. The maximum atomic E-state index is 12.0. The lowest BCUT2D eigenvalue weighted by Gasteiger charge is -2.07. The summed E-state index contributed by atoms with van der Waals surface area (Å²) >= 11 is 11.5. The number of pyridine rings is 1. The first-order chi connectivity index (χ1) is 9.95.